The zero-order valence-electron chi connectivity index (χ0n) is 16.3. The Morgan fingerprint density at radius 2 is 1.96 bits per heavy atom. The molecule has 0 radical (unpaired) electrons. The maximum atomic E-state index is 12.5. The molecule has 0 N–H and O–H groups in total. The third-order valence-corrected chi connectivity index (χ3v) is 7.99. The molecule has 0 saturated carbocycles. The molecule has 28 heavy (non-hydrogen) atoms. The molecule has 0 unspecified atom stereocenters. The molecule has 2 aliphatic rings. The van der Waals surface area contributed by atoms with Crippen LogP contribution in [0.3, 0.4) is 0 Å². The van der Waals surface area contributed by atoms with E-state index in [-0.39, 0.29) is 5.91 Å². The molecule has 0 atom stereocenters. The summed E-state index contributed by atoms with van der Waals surface area (Å²) in [5.41, 5.74) is 5.16. The van der Waals surface area contributed by atoms with Crippen LogP contribution in [0.4, 0.5) is 0 Å². The number of thioether (sulfide) groups is 1. The van der Waals surface area contributed by atoms with Crippen molar-refractivity contribution in [1.82, 2.24) is 19.9 Å². The summed E-state index contributed by atoms with van der Waals surface area (Å²) in [6, 6.07) is 0. The van der Waals surface area contributed by atoms with Gasteiger partial charge in [-0.25, -0.2) is 15.0 Å². The van der Waals surface area contributed by atoms with Gasteiger partial charge in [-0.2, -0.15) is 0 Å². The molecule has 0 aromatic carbocycles. The summed E-state index contributed by atoms with van der Waals surface area (Å²) in [5, 5.41) is 2.14. The molecule has 1 aliphatic heterocycles. The molecule has 1 fully saturated rings. The summed E-state index contributed by atoms with van der Waals surface area (Å²) in [6.45, 7) is 6.25. The SMILES string of the molecule is CC(C)c1nc2sc3c(SCC(=O)N4CCCC4)ncnc3c2c2c1CCC2. The van der Waals surface area contributed by atoms with E-state index in [1.807, 2.05) is 4.90 Å². The van der Waals surface area contributed by atoms with Crippen LogP contribution in [-0.4, -0.2) is 44.6 Å². The second kappa shape index (κ2) is 7.26. The molecule has 3 aromatic heterocycles. The molecule has 3 aromatic rings. The van der Waals surface area contributed by atoms with E-state index in [4.69, 9.17) is 4.98 Å². The number of likely N-dealkylation sites (tertiary alicyclic amines) is 1. The highest BCUT2D eigenvalue weighted by molar-refractivity contribution is 8.00. The molecule has 0 bridgehead atoms. The highest BCUT2D eigenvalue weighted by Gasteiger charge is 2.25. The molecule has 0 spiro atoms. The number of carbonyl (C=O) groups is 1. The predicted octanol–water partition coefficient (Wildman–Crippen LogP) is 4.57. The van der Waals surface area contributed by atoms with Crippen molar-refractivity contribution in [3.63, 3.8) is 0 Å². The lowest BCUT2D eigenvalue weighted by Crippen LogP contribution is -2.29. The number of carbonyl (C=O) groups excluding carboxylic acids is 1. The average Bonchev–Trinajstić information content (AvgIpc) is 3.43. The zero-order valence-corrected chi connectivity index (χ0v) is 18.0. The van der Waals surface area contributed by atoms with Crippen LogP contribution < -0.4 is 0 Å². The summed E-state index contributed by atoms with van der Waals surface area (Å²) in [7, 11) is 0. The number of hydrogen-bond acceptors (Lipinski definition) is 6. The first-order chi connectivity index (χ1) is 13.6. The van der Waals surface area contributed by atoms with Gasteiger partial charge in [-0.3, -0.25) is 4.79 Å². The quantitative estimate of drug-likeness (QED) is 0.464. The molecule has 1 amide bonds. The Morgan fingerprint density at radius 1 is 1.18 bits per heavy atom. The first-order valence-corrected chi connectivity index (χ1v) is 11.9. The number of aryl methyl sites for hydroxylation is 1. The molecule has 5 nitrogen and oxygen atoms in total. The Labute approximate surface area is 173 Å². The summed E-state index contributed by atoms with van der Waals surface area (Å²) in [6.07, 6.45) is 7.33. The van der Waals surface area contributed by atoms with Gasteiger partial charge in [0, 0.05) is 24.2 Å². The number of nitrogens with zero attached hydrogens (tertiary/aromatic N) is 4. The molecule has 1 aliphatic carbocycles. The Morgan fingerprint density at radius 3 is 2.75 bits per heavy atom. The highest BCUT2D eigenvalue weighted by atomic mass is 32.2. The molecule has 4 heterocycles. The summed E-state index contributed by atoms with van der Waals surface area (Å²) < 4.78 is 1.08. The molecule has 146 valence electrons. The first-order valence-electron chi connectivity index (χ1n) is 10.1. The normalized spacial score (nSPS) is 16.6. The van der Waals surface area contributed by atoms with Crippen molar-refractivity contribution in [1.29, 1.82) is 0 Å². The minimum Gasteiger partial charge on any atom is -0.342 e. The third-order valence-electron chi connectivity index (χ3n) is 5.81. The third kappa shape index (κ3) is 2.99. The van der Waals surface area contributed by atoms with Crippen molar-refractivity contribution in [3.8, 4) is 0 Å². The highest BCUT2D eigenvalue weighted by Crippen LogP contribution is 2.42. The molecular formula is C21H24N4OS2. The van der Waals surface area contributed by atoms with E-state index in [1.165, 1.54) is 28.6 Å². The van der Waals surface area contributed by atoms with E-state index in [0.717, 1.165) is 58.8 Å². The van der Waals surface area contributed by atoms with Crippen LogP contribution in [0.2, 0.25) is 0 Å². The zero-order chi connectivity index (χ0) is 19.3. The summed E-state index contributed by atoms with van der Waals surface area (Å²) in [4.78, 5) is 29.7. The van der Waals surface area contributed by atoms with Crippen molar-refractivity contribution >= 4 is 49.4 Å². The summed E-state index contributed by atoms with van der Waals surface area (Å²) >= 11 is 3.23. The van der Waals surface area contributed by atoms with E-state index in [2.05, 4.69) is 23.8 Å². The van der Waals surface area contributed by atoms with Crippen molar-refractivity contribution in [2.75, 3.05) is 18.8 Å². The van der Waals surface area contributed by atoms with E-state index < -0.39 is 0 Å². The Bertz CT molecular complexity index is 1070. The topological polar surface area (TPSA) is 59.0 Å². The largest absolute Gasteiger partial charge is 0.342 e. The number of fused-ring (bicyclic) bond motifs is 5. The van der Waals surface area contributed by atoms with E-state index in [0.29, 0.717) is 11.7 Å². The molecule has 1 saturated heterocycles. The Hall–Kier alpha value is -1.73. The number of amides is 1. The van der Waals surface area contributed by atoms with Gasteiger partial charge in [0.15, 0.2) is 0 Å². The minimum absolute atomic E-state index is 0.219. The van der Waals surface area contributed by atoms with Crippen molar-refractivity contribution < 1.29 is 4.79 Å². The maximum absolute atomic E-state index is 12.5. The number of pyridine rings is 1. The van der Waals surface area contributed by atoms with Crippen LogP contribution in [0, 0.1) is 0 Å². The van der Waals surface area contributed by atoms with Gasteiger partial charge < -0.3 is 4.90 Å². The van der Waals surface area contributed by atoms with Crippen LogP contribution in [0.25, 0.3) is 20.4 Å². The second-order valence-electron chi connectivity index (χ2n) is 7.98. The van der Waals surface area contributed by atoms with Gasteiger partial charge in [0.25, 0.3) is 0 Å². The first kappa shape index (κ1) is 18.3. The fourth-order valence-electron chi connectivity index (χ4n) is 4.47. The number of rotatable bonds is 4. The monoisotopic (exact) mass is 412 g/mol. The number of thiophene rings is 1. The van der Waals surface area contributed by atoms with Crippen LogP contribution in [0.15, 0.2) is 11.4 Å². The van der Waals surface area contributed by atoms with Gasteiger partial charge in [0.05, 0.1) is 16.0 Å². The van der Waals surface area contributed by atoms with Crippen LogP contribution in [-0.2, 0) is 17.6 Å². The maximum Gasteiger partial charge on any atom is 0.232 e. The lowest BCUT2D eigenvalue weighted by molar-refractivity contribution is -0.127. The fraction of sp³-hybridized carbons (Fsp3) is 0.524. The van der Waals surface area contributed by atoms with Gasteiger partial charge in [0.2, 0.25) is 5.91 Å². The minimum atomic E-state index is 0.219. The van der Waals surface area contributed by atoms with Gasteiger partial charge in [0.1, 0.15) is 16.2 Å². The van der Waals surface area contributed by atoms with Gasteiger partial charge in [-0.1, -0.05) is 25.6 Å². The van der Waals surface area contributed by atoms with E-state index in [1.54, 1.807) is 29.4 Å². The standard InChI is InChI=1S/C21H24N4OS2/c1-12(2)17-14-7-5-6-13(14)16-18-19(28-20(16)24-17)21(23-11-22-18)27-10-15(26)25-8-3-4-9-25/h11-12H,3-10H2,1-2H3. The molecular weight excluding hydrogens is 388 g/mol. The Balaban J connectivity index is 1.56. The van der Waals surface area contributed by atoms with Crippen molar-refractivity contribution in [3.05, 3.63) is 23.1 Å². The van der Waals surface area contributed by atoms with Crippen LogP contribution in [0.1, 0.15) is 55.8 Å². The lowest BCUT2D eigenvalue weighted by atomic mass is 9.99. The average molecular weight is 413 g/mol. The fourth-order valence-corrected chi connectivity index (χ4v) is 6.62. The summed E-state index contributed by atoms with van der Waals surface area (Å²) in [5.74, 6) is 1.10. The molecule has 5 rings (SSSR count). The van der Waals surface area contributed by atoms with Crippen molar-refractivity contribution in [2.45, 2.75) is 56.9 Å². The van der Waals surface area contributed by atoms with E-state index >= 15 is 0 Å². The van der Waals surface area contributed by atoms with E-state index in [9.17, 15) is 4.79 Å². The van der Waals surface area contributed by atoms with Crippen LogP contribution >= 0.6 is 23.1 Å². The second-order valence-corrected chi connectivity index (χ2v) is 9.94. The molecule has 7 heteroatoms. The Kier molecular flexibility index (Phi) is 4.75. The van der Waals surface area contributed by atoms with Gasteiger partial charge >= 0.3 is 0 Å². The van der Waals surface area contributed by atoms with Crippen molar-refractivity contribution in [2.24, 2.45) is 0 Å². The number of aromatic nitrogens is 3. The predicted molar refractivity (Wildman–Crippen MR) is 115 cm³/mol. The van der Waals surface area contributed by atoms with Gasteiger partial charge in [-0.05, 0) is 49.1 Å². The number of hydrogen-bond donors (Lipinski definition) is 0. The smallest absolute Gasteiger partial charge is 0.232 e. The van der Waals surface area contributed by atoms with Gasteiger partial charge in [-0.15, -0.1) is 11.3 Å². The van der Waals surface area contributed by atoms with Crippen LogP contribution in [0.5, 0.6) is 0 Å². The lowest BCUT2D eigenvalue weighted by Gasteiger charge is -2.14.